The number of fused-ring (bicyclic) bond motifs is 1. The van der Waals surface area contributed by atoms with Crippen LogP contribution in [0.3, 0.4) is 0 Å². The number of benzodiazepines with no additional fused rings is 1. The molecule has 2 aromatic rings. The van der Waals surface area contributed by atoms with Crippen LogP contribution in [0.25, 0.3) is 0 Å². The molecule has 0 bridgehead atoms. The van der Waals surface area contributed by atoms with Gasteiger partial charge in [-0.25, -0.2) is 14.2 Å². The highest BCUT2D eigenvalue weighted by Crippen LogP contribution is 2.39. The van der Waals surface area contributed by atoms with Gasteiger partial charge in [0.15, 0.2) is 0 Å². The second-order valence-corrected chi connectivity index (χ2v) is 11.5. The van der Waals surface area contributed by atoms with E-state index in [0.717, 1.165) is 12.8 Å². The fraction of sp³-hybridized carbons (Fsp3) is 0.448. The zero-order chi connectivity index (χ0) is 31.0. The zero-order valence-corrected chi connectivity index (χ0v) is 23.9. The first kappa shape index (κ1) is 32.3. The molecule has 43 heavy (non-hydrogen) atoms. The third-order valence-corrected chi connectivity index (χ3v) is 8.03. The van der Waals surface area contributed by atoms with Gasteiger partial charge >= 0.3 is 12.3 Å². The number of carboxylic acid groups (broad SMARTS) is 1. The quantitative estimate of drug-likeness (QED) is 0.115. The predicted molar refractivity (Wildman–Crippen MR) is 155 cm³/mol. The van der Waals surface area contributed by atoms with E-state index >= 15 is 0 Å². The summed E-state index contributed by atoms with van der Waals surface area (Å²) in [4.78, 5) is 42.1. The van der Waals surface area contributed by atoms with Crippen LogP contribution in [0.2, 0.25) is 0 Å². The molecular formula is C29H33F4N5O4S. The van der Waals surface area contributed by atoms with Crippen molar-refractivity contribution in [3.63, 3.8) is 0 Å². The lowest BCUT2D eigenvalue weighted by Gasteiger charge is -2.28. The Labute approximate surface area is 250 Å². The molecule has 4 rings (SSSR count). The van der Waals surface area contributed by atoms with Crippen LogP contribution in [-0.4, -0.2) is 59.9 Å². The molecule has 0 saturated heterocycles. The minimum Gasteiger partial charge on any atom is -0.465 e. The summed E-state index contributed by atoms with van der Waals surface area (Å²) < 4.78 is 57.9. The molecule has 1 saturated carbocycles. The van der Waals surface area contributed by atoms with E-state index < -0.39 is 60.7 Å². The van der Waals surface area contributed by atoms with Crippen LogP contribution in [0.4, 0.5) is 28.0 Å². The highest BCUT2D eigenvalue weighted by Gasteiger charge is 2.39. The minimum absolute atomic E-state index is 0.106. The Hall–Kier alpha value is -3.65. The topological polar surface area (TPSA) is 132 Å². The number of rotatable bonds is 14. The smallest absolute Gasteiger partial charge is 0.404 e. The van der Waals surface area contributed by atoms with Gasteiger partial charge in [0.25, 0.3) is 5.91 Å². The van der Waals surface area contributed by atoms with Crippen LogP contribution in [0.15, 0.2) is 53.5 Å². The fourth-order valence-corrected chi connectivity index (χ4v) is 5.66. The van der Waals surface area contributed by atoms with Gasteiger partial charge in [-0.1, -0.05) is 67.3 Å². The number of carbonyl (C=O) groups excluding carboxylic acids is 2. The Morgan fingerprint density at radius 2 is 1.86 bits per heavy atom. The van der Waals surface area contributed by atoms with Crippen molar-refractivity contribution in [2.45, 2.75) is 44.4 Å². The molecule has 1 aliphatic carbocycles. The predicted octanol–water partition coefficient (Wildman–Crippen LogP) is 4.94. The standard InChI is InChI=1S/C29H33F4N5O4S/c30-22-8-4-7-21-23(18-5-2-1-3-6-18)36-25(27(40)37-24(21)22)38-26(39)20(11-12-29(31,32)33)19(15-17-9-10-17)16-35-43-14-13-34-28(41)42/h1-8,17,19-20,25,34-35H,9-16H2,(H,37,40)(H,38,39)(H,41,42)/t19-,20-,25-/m1/s1. The van der Waals surface area contributed by atoms with Crippen molar-refractivity contribution in [3.8, 4) is 0 Å². The van der Waals surface area contributed by atoms with Gasteiger partial charge in [-0.2, -0.15) is 13.2 Å². The number of anilines is 1. The number of alkyl halides is 3. The summed E-state index contributed by atoms with van der Waals surface area (Å²) in [6, 6.07) is 12.9. The Bertz CT molecular complexity index is 1320. The summed E-state index contributed by atoms with van der Waals surface area (Å²) in [5.41, 5.74) is 0.998. The molecule has 1 aliphatic heterocycles. The first-order chi connectivity index (χ1) is 20.5. The van der Waals surface area contributed by atoms with Gasteiger partial charge in [-0.15, -0.1) is 0 Å². The molecule has 2 aromatic carbocycles. The van der Waals surface area contributed by atoms with Gasteiger partial charge in [0.2, 0.25) is 12.1 Å². The summed E-state index contributed by atoms with van der Waals surface area (Å²) in [6.45, 7) is 0.371. The maximum absolute atomic E-state index is 14.8. The molecule has 3 atom stereocenters. The Kier molecular flexibility index (Phi) is 11.0. The number of nitrogens with one attached hydrogen (secondary N) is 4. The Balaban J connectivity index is 1.57. The van der Waals surface area contributed by atoms with Crippen molar-refractivity contribution < 1.29 is 37.1 Å². The van der Waals surface area contributed by atoms with Crippen molar-refractivity contribution in [2.75, 3.05) is 24.2 Å². The van der Waals surface area contributed by atoms with Gasteiger partial charge in [-0.3, -0.25) is 14.3 Å². The maximum atomic E-state index is 14.8. The first-order valence-corrected chi connectivity index (χ1v) is 14.9. The molecule has 0 radical (unpaired) electrons. The van der Waals surface area contributed by atoms with Crippen molar-refractivity contribution in [3.05, 3.63) is 65.5 Å². The summed E-state index contributed by atoms with van der Waals surface area (Å²) in [5.74, 6) is -3.20. The number of hydrogen-bond donors (Lipinski definition) is 5. The van der Waals surface area contributed by atoms with E-state index in [2.05, 4.69) is 25.7 Å². The Morgan fingerprint density at radius 1 is 1.12 bits per heavy atom. The SMILES string of the molecule is O=C(O)NCCSNC[C@@H](CC1CC1)[C@@H](CCC(F)(F)F)C(=O)N[C@H]1N=C(c2ccccc2)c2cccc(F)c2NC1=O. The van der Waals surface area contributed by atoms with Crippen LogP contribution in [0.5, 0.6) is 0 Å². The molecule has 14 heteroatoms. The molecular weight excluding hydrogens is 590 g/mol. The second kappa shape index (κ2) is 14.7. The van der Waals surface area contributed by atoms with Crippen molar-refractivity contribution in [1.82, 2.24) is 15.4 Å². The lowest BCUT2D eigenvalue weighted by Crippen LogP contribution is -2.47. The molecule has 3 amide bonds. The van der Waals surface area contributed by atoms with Crippen molar-refractivity contribution in [1.29, 1.82) is 0 Å². The number of halogens is 4. The number of hydrogen-bond acceptors (Lipinski definition) is 6. The second-order valence-electron chi connectivity index (χ2n) is 10.5. The monoisotopic (exact) mass is 623 g/mol. The maximum Gasteiger partial charge on any atom is 0.404 e. The first-order valence-electron chi connectivity index (χ1n) is 13.9. The molecule has 9 nitrogen and oxygen atoms in total. The number of aliphatic imine (C=N–C) groups is 1. The molecule has 5 N–H and O–H groups in total. The lowest BCUT2D eigenvalue weighted by atomic mass is 9.83. The van der Waals surface area contributed by atoms with E-state index in [0.29, 0.717) is 23.3 Å². The molecule has 1 fully saturated rings. The van der Waals surface area contributed by atoms with E-state index in [1.165, 1.54) is 24.1 Å². The fourth-order valence-electron chi connectivity index (χ4n) is 4.98. The molecule has 232 valence electrons. The van der Waals surface area contributed by atoms with Crippen molar-refractivity contribution >= 4 is 41.3 Å². The largest absolute Gasteiger partial charge is 0.465 e. The van der Waals surface area contributed by atoms with Gasteiger partial charge < -0.3 is 21.1 Å². The number of para-hydroxylation sites is 1. The Morgan fingerprint density at radius 3 is 2.53 bits per heavy atom. The normalized spacial score (nSPS) is 18.0. The molecule has 1 heterocycles. The third-order valence-electron chi connectivity index (χ3n) is 7.26. The van der Waals surface area contributed by atoms with Crippen molar-refractivity contribution in [2.24, 2.45) is 22.7 Å². The van der Waals surface area contributed by atoms with Gasteiger partial charge in [0, 0.05) is 42.3 Å². The molecule has 2 aliphatic rings. The van der Waals surface area contributed by atoms with E-state index in [-0.39, 0.29) is 30.4 Å². The van der Waals surface area contributed by atoms with Gasteiger partial charge in [-0.05, 0) is 30.7 Å². The summed E-state index contributed by atoms with van der Waals surface area (Å²) in [6.07, 6.45) is -6.50. The third kappa shape index (κ3) is 9.68. The number of benzene rings is 2. The molecule has 0 aromatic heterocycles. The highest BCUT2D eigenvalue weighted by molar-refractivity contribution is 7.97. The zero-order valence-electron chi connectivity index (χ0n) is 23.1. The van der Waals surface area contributed by atoms with E-state index in [9.17, 15) is 31.9 Å². The number of nitrogens with zero attached hydrogens (tertiary/aromatic N) is 1. The van der Waals surface area contributed by atoms with Crippen LogP contribution in [0.1, 0.15) is 43.2 Å². The van der Waals surface area contributed by atoms with Crippen LogP contribution < -0.4 is 20.7 Å². The van der Waals surface area contributed by atoms with Crippen LogP contribution in [-0.2, 0) is 9.59 Å². The summed E-state index contributed by atoms with van der Waals surface area (Å²) in [5, 5.41) is 16.0. The van der Waals surface area contributed by atoms with E-state index in [4.69, 9.17) is 5.11 Å². The van der Waals surface area contributed by atoms with Crippen LogP contribution >= 0.6 is 11.9 Å². The van der Waals surface area contributed by atoms with E-state index in [1.807, 2.05) is 0 Å². The molecule has 0 unspecified atom stereocenters. The summed E-state index contributed by atoms with van der Waals surface area (Å²) >= 11 is 1.20. The number of carbonyl (C=O) groups is 3. The lowest BCUT2D eigenvalue weighted by molar-refractivity contribution is -0.143. The molecule has 0 spiro atoms. The van der Waals surface area contributed by atoms with E-state index in [1.54, 1.807) is 36.4 Å². The average Bonchev–Trinajstić information content (AvgIpc) is 3.78. The highest BCUT2D eigenvalue weighted by atomic mass is 32.2. The van der Waals surface area contributed by atoms with Crippen LogP contribution in [0, 0.1) is 23.6 Å². The van der Waals surface area contributed by atoms with Gasteiger partial charge in [0.1, 0.15) is 5.82 Å². The number of amides is 3. The summed E-state index contributed by atoms with van der Waals surface area (Å²) in [7, 11) is 0. The van der Waals surface area contributed by atoms with Gasteiger partial charge in [0.05, 0.1) is 11.4 Å². The minimum atomic E-state index is -4.50. The average molecular weight is 624 g/mol.